The van der Waals surface area contributed by atoms with E-state index in [1.165, 1.54) is 5.56 Å². The fraction of sp³-hybridized carbons (Fsp3) is 0.118. The fourth-order valence-corrected chi connectivity index (χ4v) is 2.37. The summed E-state index contributed by atoms with van der Waals surface area (Å²) in [5.74, 6) is 0.993. The van der Waals surface area contributed by atoms with Crippen LogP contribution in [-0.2, 0) is 6.54 Å². The van der Waals surface area contributed by atoms with E-state index in [0.29, 0.717) is 0 Å². The van der Waals surface area contributed by atoms with E-state index in [9.17, 15) is 0 Å². The Hall–Kier alpha value is -2.35. The Bertz CT molecular complexity index is 641. The van der Waals surface area contributed by atoms with E-state index in [0.717, 1.165) is 29.3 Å². The number of hydrogen-bond acceptors (Lipinski definition) is 2. The van der Waals surface area contributed by atoms with Gasteiger partial charge < -0.3 is 4.90 Å². The molecule has 0 saturated carbocycles. The highest BCUT2D eigenvalue weighted by Crippen LogP contribution is 2.33. The van der Waals surface area contributed by atoms with Gasteiger partial charge in [0.05, 0.1) is 5.69 Å². The van der Waals surface area contributed by atoms with Gasteiger partial charge in [0.15, 0.2) is 0 Å². The minimum absolute atomic E-state index is 0.809. The molecule has 94 valence electrons. The van der Waals surface area contributed by atoms with Gasteiger partial charge in [-0.2, -0.15) is 0 Å². The SMILES string of the molecule is C=C1c2ccccc2N=C(C)N1Cc1ccccc1. The lowest BCUT2D eigenvalue weighted by Gasteiger charge is -2.31. The summed E-state index contributed by atoms with van der Waals surface area (Å²) in [5.41, 5.74) is 4.41. The van der Waals surface area contributed by atoms with Crippen molar-refractivity contribution in [1.29, 1.82) is 0 Å². The largest absolute Gasteiger partial charge is 0.326 e. The van der Waals surface area contributed by atoms with Crippen LogP contribution in [0.2, 0.25) is 0 Å². The van der Waals surface area contributed by atoms with Gasteiger partial charge in [-0.05, 0) is 18.6 Å². The van der Waals surface area contributed by atoms with Gasteiger partial charge in [0.2, 0.25) is 0 Å². The summed E-state index contributed by atoms with van der Waals surface area (Å²) in [6.07, 6.45) is 0. The first kappa shape index (κ1) is 11.7. The molecule has 19 heavy (non-hydrogen) atoms. The maximum absolute atomic E-state index is 4.66. The van der Waals surface area contributed by atoms with Crippen LogP contribution in [0.15, 0.2) is 66.2 Å². The predicted octanol–water partition coefficient (Wildman–Crippen LogP) is 4.22. The first-order chi connectivity index (χ1) is 9.25. The molecule has 1 heterocycles. The summed E-state index contributed by atoms with van der Waals surface area (Å²) in [6, 6.07) is 18.5. The van der Waals surface area contributed by atoms with Crippen molar-refractivity contribution in [2.24, 2.45) is 4.99 Å². The molecule has 2 heteroatoms. The fourth-order valence-electron chi connectivity index (χ4n) is 2.37. The third-order valence-corrected chi connectivity index (χ3v) is 3.40. The minimum atomic E-state index is 0.809. The summed E-state index contributed by atoms with van der Waals surface area (Å²) in [7, 11) is 0. The zero-order valence-corrected chi connectivity index (χ0v) is 11.0. The second-order valence-electron chi connectivity index (χ2n) is 4.69. The molecule has 2 aromatic rings. The maximum atomic E-state index is 4.66. The molecule has 0 N–H and O–H groups in total. The molecule has 1 aliphatic rings. The lowest BCUT2D eigenvalue weighted by molar-refractivity contribution is 0.570. The van der Waals surface area contributed by atoms with Crippen molar-refractivity contribution in [2.75, 3.05) is 0 Å². The number of aliphatic imine (C=N–C) groups is 1. The number of rotatable bonds is 2. The third-order valence-electron chi connectivity index (χ3n) is 3.40. The van der Waals surface area contributed by atoms with Crippen LogP contribution in [-0.4, -0.2) is 10.7 Å². The maximum Gasteiger partial charge on any atom is 0.106 e. The Kier molecular flexibility index (Phi) is 2.92. The van der Waals surface area contributed by atoms with Crippen molar-refractivity contribution in [3.8, 4) is 0 Å². The standard InChI is InChI=1S/C17H16N2/c1-13-16-10-6-7-11-17(16)18-14(2)19(13)12-15-8-4-3-5-9-15/h3-11H,1,12H2,2H3. The zero-order valence-electron chi connectivity index (χ0n) is 11.0. The first-order valence-electron chi connectivity index (χ1n) is 6.41. The molecule has 2 aromatic carbocycles. The van der Waals surface area contributed by atoms with Gasteiger partial charge in [-0.25, -0.2) is 4.99 Å². The minimum Gasteiger partial charge on any atom is -0.326 e. The van der Waals surface area contributed by atoms with Crippen molar-refractivity contribution in [2.45, 2.75) is 13.5 Å². The number of benzene rings is 2. The number of fused-ring (bicyclic) bond motifs is 1. The molecule has 0 fully saturated rings. The predicted molar refractivity (Wildman–Crippen MR) is 80.2 cm³/mol. The lowest BCUT2D eigenvalue weighted by Crippen LogP contribution is -2.28. The first-order valence-corrected chi connectivity index (χ1v) is 6.41. The molecular weight excluding hydrogens is 232 g/mol. The number of nitrogens with zero attached hydrogens (tertiary/aromatic N) is 2. The van der Waals surface area contributed by atoms with Crippen molar-refractivity contribution in [3.05, 3.63) is 72.3 Å². The molecule has 0 radical (unpaired) electrons. The Balaban J connectivity index is 1.95. The van der Waals surface area contributed by atoms with Crippen LogP contribution in [0.4, 0.5) is 5.69 Å². The zero-order chi connectivity index (χ0) is 13.2. The number of amidine groups is 1. The van der Waals surface area contributed by atoms with Crippen LogP contribution in [0.3, 0.4) is 0 Å². The van der Waals surface area contributed by atoms with Gasteiger partial charge >= 0.3 is 0 Å². The highest BCUT2D eigenvalue weighted by molar-refractivity contribution is 5.96. The molecule has 0 bridgehead atoms. The average Bonchev–Trinajstić information content (AvgIpc) is 2.45. The highest BCUT2D eigenvalue weighted by Gasteiger charge is 2.20. The average molecular weight is 248 g/mol. The molecule has 0 amide bonds. The smallest absolute Gasteiger partial charge is 0.106 e. The van der Waals surface area contributed by atoms with E-state index >= 15 is 0 Å². The van der Waals surface area contributed by atoms with Crippen LogP contribution in [0.1, 0.15) is 18.1 Å². The molecule has 0 atom stereocenters. The molecule has 0 aromatic heterocycles. The molecule has 0 saturated heterocycles. The Morgan fingerprint density at radius 1 is 1.00 bits per heavy atom. The van der Waals surface area contributed by atoms with Gasteiger partial charge in [-0.3, -0.25) is 0 Å². The van der Waals surface area contributed by atoms with E-state index in [4.69, 9.17) is 0 Å². The molecule has 0 unspecified atom stereocenters. The number of para-hydroxylation sites is 1. The molecule has 1 aliphatic heterocycles. The van der Waals surface area contributed by atoms with Crippen LogP contribution in [0.25, 0.3) is 5.70 Å². The summed E-state index contributed by atoms with van der Waals surface area (Å²) < 4.78 is 0. The summed E-state index contributed by atoms with van der Waals surface area (Å²) >= 11 is 0. The van der Waals surface area contributed by atoms with E-state index in [2.05, 4.69) is 46.8 Å². The lowest BCUT2D eigenvalue weighted by atomic mass is 10.1. The number of hydrogen-bond donors (Lipinski definition) is 0. The van der Waals surface area contributed by atoms with Crippen molar-refractivity contribution < 1.29 is 0 Å². The van der Waals surface area contributed by atoms with E-state index in [-0.39, 0.29) is 0 Å². The molecule has 3 rings (SSSR count). The van der Waals surface area contributed by atoms with Crippen LogP contribution in [0.5, 0.6) is 0 Å². The molecule has 0 spiro atoms. The normalized spacial score (nSPS) is 14.1. The van der Waals surface area contributed by atoms with Gasteiger partial charge in [0.25, 0.3) is 0 Å². The molecule has 0 aliphatic carbocycles. The Morgan fingerprint density at radius 2 is 1.68 bits per heavy atom. The second-order valence-corrected chi connectivity index (χ2v) is 4.69. The van der Waals surface area contributed by atoms with Crippen molar-refractivity contribution in [1.82, 2.24) is 4.90 Å². The van der Waals surface area contributed by atoms with Crippen LogP contribution >= 0.6 is 0 Å². The van der Waals surface area contributed by atoms with Crippen molar-refractivity contribution in [3.63, 3.8) is 0 Å². The van der Waals surface area contributed by atoms with Crippen LogP contribution < -0.4 is 0 Å². The van der Waals surface area contributed by atoms with Gasteiger partial charge in [0.1, 0.15) is 5.84 Å². The Labute approximate surface area is 113 Å². The third kappa shape index (κ3) is 2.17. The quantitative estimate of drug-likeness (QED) is 0.776. The van der Waals surface area contributed by atoms with E-state index < -0.39 is 0 Å². The van der Waals surface area contributed by atoms with Crippen LogP contribution in [0, 0.1) is 0 Å². The van der Waals surface area contributed by atoms with E-state index in [1.54, 1.807) is 0 Å². The van der Waals surface area contributed by atoms with Crippen molar-refractivity contribution >= 4 is 17.2 Å². The van der Waals surface area contributed by atoms with Gasteiger partial charge in [-0.1, -0.05) is 55.1 Å². The molecule has 2 nitrogen and oxygen atoms in total. The highest BCUT2D eigenvalue weighted by atomic mass is 15.2. The summed E-state index contributed by atoms with van der Waals surface area (Å²) in [5, 5.41) is 0. The Morgan fingerprint density at radius 3 is 2.47 bits per heavy atom. The monoisotopic (exact) mass is 248 g/mol. The van der Waals surface area contributed by atoms with E-state index in [1.807, 2.05) is 31.2 Å². The summed E-state index contributed by atoms with van der Waals surface area (Å²) in [4.78, 5) is 6.82. The summed E-state index contributed by atoms with van der Waals surface area (Å²) in [6.45, 7) is 7.07. The molecular formula is C17H16N2. The second kappa shape index (κ2) is 4.73. The van der Waals surface area contributed by atoms with Gasteiger partial charge in [0, 0.05) is 17.8 Å². The van der Waals surface area contributed by atoms with Gasteiger partial charge in [-0.15, -0.1) is 0 Å². The topological polar surface area (TPSA) is 15.6 Å².